The molecule has 0 unspecified atom stereocenters. The summed E-state index contributed by atoms with van der Waals surface area (Å²) in [5, 5.41) is 3.12. The minimum Gasteiger partial charge on any atom is -0.325 e. The van der Waals surface area contributed by atoms with Gasteiger partial charge in [0.15, 0.2) is 0 Å². The number of rotatable bonds is 2. The van der Waals surface area contributed by atoms with Crippen molar-refractivity contribution in [1.29, 1.82) is 0 Å². The van der Waals surface area contributed by atoms with E-state index in [1.54, 1.807) is 0 Å². The Labute approximate surface area is 98.1 Å². The van der Waals surface area contributed by atoms with Gasteiger partial charge in [-0.2, -0.15) is 0 Å². The normalized spacial score (nSPS) is 11.3. The number of hydrazine groups is 1. The molecule has 1 rings (SSSR count). The molecule has 0 aliphatic carbocycles. The minimum atomic E-state index is 0.568. The van der Waals surface area contributed by atoms with Gasteiger partial charge in [-0.25, -0.2) is 5.84 Å². The average molecular weight is 271 g/mol. The molecule has 0 radical (unpaired) electrons. The van der Waals surface area contributed by atoms with Gasteiger partial charge in [-0.15, -0.1) is 0 Å². The topological polar surface area (TPSA) is 62.4 Å². The van der Waals surface area contributed by atoms with E-state index in [1.165, 1.54) is 0 Å². The molecule has 15 heavy (non-hydrogen) atoms. The maximum absolute atomic E-state index is 5.34. The van der Waals surface area contributed by atoms with Crippen molar-refractivity contribution in [2.24, 2.45) is 10.8 Å². The zero-order valence-corrected chi connectivity index (χ0v) is 10.4. The molecule has 82 valence electrons. The fraction of sp³-hybridized carbons (Fsp3) is 0.300. The zero-order valence-electron chi connectivity index (χ0n) is 8.84. The molecule has 0 aliphatic heterocycles. The smallest absolute Gasteiger partial charge is 0.210 e. The standard InChI is InChI=1S/C10H15BrN4/c1-3-13-10(15-12)14-9-6-4-5-8(11)7(9)2/h4-6H,3,12H2,1-2H3,(H2,13,14,15). The number of hydrogen-bond acceptors (Lipinski definition) is 2. The van der Waals surface area contributed by atoms with Crippen LogP contribution in [0.25, 0.3) is 0 Å². The quantitative estimate of drug-likeness (QED) is 0.334. The van der Waals surface area contributed by atoms with Crippen LogP contribution in [-0.2, 0) is 0 Å². The van der Waals surface area contributed by atoms with Crippen LogP contribution in [0.4, 0.5) is 5.69 Å². The number of halogens is 1. The lowest BCUT2D eigenvalue weighted by Crippen LogP contribution is -2.36. The van der Waals surface area contributed by atoms with Crippen LogP contribution < -0.4 is 16.6 Å². The number of guanidine groups is 1. The summed E-state index contributed by atoms with van der Waals surface area (Å²) in [6.07, 6.45) is 0. The van der Waals surface area contributed by atoms with E-state index in [4.69, 9.17) is 5.84 Å². The maximum Gasteiger partial charge on any atom is 0.210 e. The summed E-state index contributed by atoms with van der Waals surface area (Å²) in [4.78, 5) is 4.16. The number of aliphatic imine (C=N–C) groups is 1. The highest BCUT2D eigenvalue weighted by Gasteiger charge is 2.03. The first kappa shape index (κ1) is 12.0. The summed E-state index contributed by atoms with van der Waals surface area (Å²) >= 11 is 3.47. The first-order valence-electron chi connectivity index (χ1n) is 4.72. The average Bonchev–Trinajstić information content (AvgIpc) is 2.24. The molecule has 0 aromatic heterocycles. The number of hydrogen-bond donors (Lipinski definition) is 3. The molecule has 0 bridgehead atoms. The van der Waals surface area contributed by atoms with Crippen molar-refractivity contribution in [3.63, 3.8) is 0 Å². The van der Waals surface area contributed by atoms with Gasteiger partial charge in [-0.05, 0) is 31.5 Å². The second kappa shape index (κ2) is 5.72. The summed E-state index contributed by atoms with van der Waals surface area (Å²) in [6.45, 7) is 4.65. The van der Waals surface area contributed by atoms with E-state index in [-0.39, 0.29) is 0 Å². The number of nitrogens with one attached hydrogen (secondary N) is 2. The van der Waals surface area contributed by atoms with Crippen LogP contribution in [0.2, 0.25) is 0 Å². The molecule has 1 aromatic rings. The third kappa shape index (κ3) is 3.21. The Morgan fingerprint density at radius 1 is 1.53 bits per heavy atom. The van der Waals surface area contributed by atoms with Crippen LogP contribution in [0.3, 0.4) is 0 Å². The van der Waals surface area contributed by atoms with E-state index in [0.717, 1.165) is 15.7 Å². The molecular formula is C10H15BrN4. The number of anilines is 1. The SMILES string of the molecule is CCN=C(NN)Nc1cccc(Br)c1C. The van der Waals surface area contributed by atoms with Gasteiger partial charge in [-0.3, -0.25) is 10.4 Å². The van der Waals surface area contributed by atoms with Gasteiger partial charge in [0, 0.05) is 16.7 Å². The molecule has 0 aliphatic rings. The predicted octanol–water partition coefficient (Wildman–Crippen LogP) is 2.01. The molecule has 0 atom stereocenters. The Balaban J connectivity index is 2.88. The summed E-state index contributed by atoms with van der Waals surface area (Å²) in [7, 11) is 0. The van der Waals surface area contributed by atoms with Gasteiger partial charge < -0.3 is 5.32 Å². The number of nitrogens with two attached hydrogens (primary N) is 1. The lowest BCUT2D eigenvalue weighted by molar-refractivity contribution is 0.985. The molecule has 4 nitrogen and oxygen atoms in total. The van der Waals surface area contributed by atoms with E-state index < -0.39 is 0 Å². The molecule has 1 aromatic carbocycles. The highest BCUT2D eigenvalue weighted by atomic mass is 79.9. The van der Waals surface area contributed by atoms with Crippen LogP contribution in [0.15, 0.2) is 27.7 Å². The molecule has 0 fully saturated rings. The largest absolute Gasteiger partial charge is 0.325 e. The molecule has 0 spiro atoms. The number of benzene rings is 1. The van der Waals surface area contributed by atoms with E-state index in [9.17, 15) is 0 Å². The third-order valence-electron chi connectivity index (χ3n) is 1.97. The van der Waals surface area contributed by atoms with Gasteiger partial charge in [-0.1, -0.05) is 22.0 Å². The van der Waals surface area contributed by atoms with Crippen LogP contribution in [0.1, 0.15) is 12.5 Å². The summed E-state index contributed by atoms with van der Waals surface area (Å²) in [6, 6.07) is 5.93. The van der Waals surface area contributed by atoms with Gasteiger partial charge >= 0.3 is 0 Å². The Kier molecular flexibility index (Phi) is 4.58. The molecule has 5 heteroatoms. The highest BCUT2D eigenvalue weighted by Crippen LogP contribution is 2.23. The van der Waals surface area contributed by atoms with Crippen LogP contribution in [0.5, 0.6) is 0 Å². The van der Waals surface area contributed by atoms with Gasteiger partial charge in [0.1, 0.15) is 0 Å². The Hall–Kier alpha value is -1.07. The van der Waals surface area contributed by atoms with Crippen molar-refractivity contribution in [3.8, 4) is 0 Å². The van der Waals surface area contributed by atoms with Crippen LogP contribution in [-0.4, -0.2) is 12.5 Å². The lowest BCUT2D eigenvalue weighted by atomic mass is 10.2. The molecule has 4 N–H and O–H groups in total. The molecule has 0 heterocycles. The Morgan fingerprint density at radius 2 is 2.27 bits per heavy atom. The Morgan fingerprint density at radius 3 is 2.87 bits per heavy atom. The van der Waals surface area contributed by atoms with Crippen LogP contribution >= 0.6 is 15.9 Å². The molecule has 0 amide bonds. The van der Waals surface area contributed by atoms with Crippen molar-refractivity contribution in [2.75, 3.05) is 11.9 Å². The molecule has 0 saturated heterocycles. The fourth-order valence-electron chi connectivity index (χ4n) is 1.15. The van der Waals surface area contributed by atoms with Crippen molar-refractivity contribution in [3.05, 3.63) is 28.2 Å². The van der Waals surface area contributed by atoms with E-state index in [2.05, 4.69) is 31.7 Å². The van der Waals surface area contributed by atoms with Gasteiger partial charge in [0.05, 0.1) is 0 Å². The third-order valence-corrected chi connectivity index (χ3v) is 2.83. The second-order valence-electron chi connectivity index (χ2n) is 3.00. The predicted molar refractivity (Wildman–Crippen MR) is 67.8 cm³/mol. The first-order chi connectivity index (χ1) is 7.19. The van der Waals surface area contributed by atoms with E-state index in [1.807, 2.05) is 32.0 Å². The van der Waals surface area contributed by atoms with Crippen molar-refractivity contribution >= 4 is 27.6 Å². The second-order valence-corrected chi connectivity index (χ2v) is 3.86. The van der Waals surface area contributed by atoms with Gasteiger partial charge in [0.2, 0.25) is 5.96 Å². The highest BCUT2D eigenvalue weighted by molar-refractivity contribution is 9.10. The minimum absolute atomic E-state index is 0.568. The van der Waals surface area contributed by atoms with E-state index in [0.29, 0.717) is 12.5 Å². The van der Waals surface area contributed by atoms with Crippen LogP contribution in [0, 0.1) is 6.92 Å². The summed E-state index contributed by atoms with van der Waals surface area (Å²) < 4.78 is 1.06. The molecular weight excluding hydrogens is 256 g/mol. The maximum atomic E-state index is 5.34. The number of nitrogens with zero attached hydrogens (tertiary/aromatic N) is 1. The lowest BCUT2D eigenvalue weighted by Gasteiger charge is -2.12. The fourth-order valence-corrected chi connectivity index (χ4v) is 1.52. The van der Waals surface area contributed by atoms with E-state index >= 15 is 0 Å². The molecule has 0 saturated carbocycles. The zero-order chi connectivity index (χ0) is 11.3. The van der Waals surface area contributed by atoms with Crippen molar-refractivity contribution in [2.45, 2.75) is 13.8 Å². The monoisotopic (exact) mass is 270 g/mol. The van der Waals surface area contributed by atoms with Crippen molar-refractivity contribution in [1.82, 2.24) is 5.43 Å². The summed E-state index contributed by atoms with van der Waals surface area (Å²) in [5.41, 5.74) is 4.62. The Bertz CT molecular complexity index is 362. The first-order valence-corrected chi connectivity index (χ1v) is 5.51. The van der Waals surface area contributed by atoms with Crippen molar-refractivity contribution < 1.29 is 0 Å². The summed E-state index contributed by atoms with van der Waals surface area (Å²) in [5.74, 6) is 5.91. The van der Waals surface area contributed by atoms with Gasteiger partial charge in [0.25, 0.3) is 0 Å².